The summed E-state index contributed by atoms with van der Waals surface area (Å²) in [6.45, 7) is 1.41. The van der Waals surface area contributed by atoms with Gasteiger partial charge in [-0.25, -0.2) is 4.79 Å². The molecular formula is C17H15NO7. The van der Waals surface area contributed by atoms with Gasteiger partial charge < -0.3 is 14.2 Å². The number of nitrogens with zero attached hydrogens (tertiary/aromatic N) is 1. The largest absolute Gasteiger partial charge is 0.493 e. The van der Waals surface area contributed by atoms with E-state index >= 15 is 0 Å². The SMILES string of the molecule is COc1cc(C(=O)Oc2ccc(C(C)=O)cc2)c([N+](=O)[O-])cc1OC. The van der Waals surface area contributed by atoms with Crippen LogP contribution in [0.1, 0.15) is 27.6 Å². The van der Waals surface area contributed by atoms with E-state index in [-0.39, 0.29) is 28.6 Å². The maximum absolute atomic E-state index is 12.3. The number of hydrogen-bond donors (Lipinski definition) is 0. The van der Waals surface area contributed by atoms with Crippen molar-refractivity contribution in [2.45, 2.75) is 6.92 Å². The second-order valence-corrected chi connectivity index (χ2v) is 4.95. The van der Waals surface area contributed by atoms with Gasteiger partial charge in [0.2, 0.25) is 0 Å². The molecular weight excluding hydrogens is 330 g/mol. The number of esters is 1. The first-order valence-electron chi connectivity index (χ1n) is 7.11. The van der Waals surface area contributed by atoms with Crippen LogP contribution in [0.4, 0.5) is 5.69 Å². The van der Waals surface area contributed by atoms with E-state index in [1.807, 2.05) is 0 Å². The topological polar surface area (TPSA) is 105 Å². The number of nitro benzene ring substituents is 1. The van der Waals surface area contributed by atoms with Crippen LogP contribution in [0.2, 0.25) is 0 Å². The molecule has 0 aromatic heterocycles. The lowest BCUT2D eigenvalue weighted by molar-refractivity contribution is -0.385. The molecule has 8 heteroatoms. The van der Waals surface area contributed by atoms with Crippen molar-refractivity contribution in [1.29, 1.82) is 0 Å². The standard InChI is InChI=1S/C17H15NO7/c1-10(19)11-4-6-12(7-5-11)25-17(20)13-8-15(23-2)16(24-3)9-14(13)18(21)22/h4-9H,1-3H3. The number of methoxy groups -OCH3 is 2. The van der Waals surface area contributed by atoms with Crippen molar-refractivity contribution in [3.8, 4) is 17.2 Å². The van der Waals surface area contributed by atoms with Gasteiger partial charge in [-0.1, -0.05) is 0 Å². The number of hydrogen-bond acceptors (Lipinski definition) is 7. The minimum Gasteiger partial charge on any atom is -0.493 e. The number of carbonyl (C=O) groups is 2. The lowest BCUT2D eigenvalue weighted by Crippen LogP contribution is -2.12. The first-order valence-corrected chi connectivity index (χ1v) is 7.11. The van der Waals surface area contributed by atoms with Crippen LogP contribution in [-0.2, 0) is 0 Å². The van der Waals surface area contributed by atoms with Gasteiger partial charge >= 0.3 is 5.97 Å². The maximum Gasteiger partial charge on any atom is 0.350 e. The van der Waals surface area contributed by atoms with E-state index in [0.717, 1.165) is 6.07 Å². The van der Waals surface area contributed by atoms with E-state index in [9.17, 15) is 19.7 Å². The van der Waals surface area contributed by atoms with Crippen LogP contribution < -0.4 is 14.2 Å². The fourth-order valence-electron chi connectivity index (χ4n) is 2.10. The zero-order valence-corrected chi connectivity index (χ0v) is 13.8. The summed E-state index contributed by atoms with van der Waals surface area (Å²) in [5, 5.41) is 11.2. The van der Waals surface area contributed by atoms with Crippen molar-refractivity contribution < 1.29 is 28.7 Å². The van der Waals surface area contributed by atoms with Gasteiger partial charge in [0.1, 0.15) is 11.3 Å². The van der Waals surface area contributed by atoms with Crippen molar-refractivity contribution >= 4 is 17.4 Å². The Morgan fingerprint density at radius 1 is 1.00 bits per heavy atom. The van der Waals surface area contributed by atoms with E-state index in [4.69, 9.17) is 14.2 Å². The molecule has 0 unspecified atom stereocenters. The van der Waals surface area contributed by atoms with Crippen LogP contribution in [0.3, 0.4) is 0 Å². The molecule has 0 atom stereocenters. The molecule has 0 saturated heterocycles. The first-order chi connectivity index (χ1) is 11.9. The average Bonchev–Trinajstić information content (AvgIpc) is 2.60. The predicted molar refractivity (Wildman–Crippen MR) is 87.6 cm³/mol. The Morgan fingerprint density at radius 3 is 2.04 bits per heavy atom. The zero-order valence-electron chi connectivity index (χ0n) is 13.8. The summed E-state index contributed by atoms with van der Waals surface area (Å²) in [6, 6.07) is 8.13. The molecule has 0 N–H and O–H groups in total. The molecule has 2 rings (SSSR count). The Hall–Kier alpha value is -3.42. The van der Waals surface area contributed by atoms with Crippen LogP contribution >= 0.6 is 0 Å². The molecule has 0 amide bonds. The molecule has 0 bridgehead atoms. The molecule has 2 aromatic rings. The molecule has 2 aromatic carbocycles. The van der Waals surface area contributed by atoms with Crippen molar-refractivity contribution in [1.82, 2.24) is 0 Å². The van der Waals surface area contributed by atoms with Gasteiger partial charge in [0.25, 0.3) is 5.69 Å². The Bertz CT molecular complexity index is 828. The third-order valence-corrected chi connectivity index (χ3v) is 3.39. The van der Waals surface area contributed by atoms with Crippen LogP contribution in [0.15, 0.2) is 36.4 Å². The highest BCUT2D eigenvalue weighted by atomic mass is 16.6. The van der Waals surface area contributed by atoms with Crippen molar-refractivity contribution in [2.24, 2.45) is 0 Å². The number of ether oxygens (including phenoxy) is 3. The van der Waals surface area contributed by atoms with Gasteiger partial charge in [-0.2, -0.15) is 0 Å². The summed E-state index contributed by atoms with van der Waals surface area (Å²) in [5.41, 5.74) is -0.293. The van der Waals surface area contributed by atoms with E-state index in [1.165, 1.54) is 51.5 Å². The van der Waals surface area contributed by atoms with Gasteiger partial charge in [0, 0.05) is 11.6 Å². The number of rotatable bonds is 6. The Balaban J connectivity index is 2.37. The summed E-state index contributed by atoms with van der Waals surface area (Å²) in [5.74, 6) is -0.626. The Kier molecular flexibility index (Phi) is 5.33. The second kappa shape index (κ2) is 7.43. The summed E-state index contributed by atoms with van der Waals surface area (Å²) in [4.78, 5) is 34.1. The van der Waals surface area contributed by atoms with Crippen LogP contribution in [-0.4, -0.2) is 30.9 Å². The molecule has 8 nitrogen and oxygen atoms in total. The third-order valence-electron chi connectivity index (χ3n) is 3.39. The van der Waals surface area contributed by atoms with Gasteiger partial charge in [-0.15, -0.1) is 0 Å². The predicted octanol–water partition coefficient (Wildman–Crippen LogP) is 3.03. The lowest BCUT2D eigenvalue weighted by atomic mass is 10.1. The molecule has 0 aliphatic rings. The zero-order chi connectivity index (χ0) is 18.6. The molecule has 0 fully saturated rings. The Labute approximate surface area is 143 Å². The average molecular weight is 345 g/mol. The highest BCUT2D eigenvalue weighted by molar-refractivity contribution is 5.97. The number of Topliss-reactive ketones (excluding diaryl/α,β-unsaturated/α-hetero) is 1. The molecule has 0 aliphatic heterocycles. The fraction of sp³-hybridized carbons (Fsp3) is 0.176. The number of nitro groups is 1. The van der Waals surface area contributed by atoms with Crippen molar-refractivity contribution in [3.63, 3.8) is 0 Å². The highest BCUT2D eigenvalue weighted by Crippen LogP contribution is 2.35. The van der Waals surface area contributed by atoms with Gasteiger partial charge in [-0.3, -0.25) is 14.9 Å². The maximum atomic E-state index is 12.3. The normalized spacial score (nSPS) is 10.0. The summed E-state index contributed by atoms with van der Waals surface area (Å²) >= 11 is 0. The van der Waals surface area contributed by atoms with Crippen LogP contribution in [0.25, 0.3) is 0 Å². The molecule has 0 saturated carbocycles. The lowest BCUT2D eigenvalue weighted by Gasteiger charge is -2.10. The number of benzene rings is 2. The number of ketones is 1. The van der Waals surface area contributed by atoms with Gasteiger partial charge in [0.05, 0.1) is 25.2 Å². The molecule has 0 spiro atoms. The quantitative estimate of drug-likeness (QED) is 0.260. The summed E-state index contributed by atoms with van der Waals surface area (Å²) in [6.07, 6.45) is 0. The molecule has 0 radical (unpaired) electrons. The molecule has 0 heterocycles. The van der Waals surface area contributed by atoms with Gasteiger partial charge in [-0.05, 0) is 31.2 Å². The fourth-order valence-corrected chi connectivity index (χ4v) is 2.10. The first kappa shape index (κ1) is 17.9. The smallest absolute Gasteiger partial charge is 0.350 e. The van der Waals surface area contributed by atoms with Crippen LogP contribution in [0.5, 0.6) is 17.2 Å². The summed E-state index contributed by atoms with van der Waals surface area (Å²) in [7, 11) is 2.68. The molecule has 130 valence electrons. The summed E-state index contributed by atoms with van der Waals surface area (Å²) < 4.78 is 15.2. The minimum absolute atomic E-state index is 0.122. The van der Waals surface area contributed by atoms with E-state index < -0.39 is 16.6 Å². The van der Waals surface area contributed by atoms with E-state index in [0.29, 0.717) is 5.56 Å². The second-order valence-electron chi connectivity index (χ2n) is 4.95. The third kappa shape index (κ3) is 3.92. The molecule has 25 heavy (non-hydrogen) atoms. The number of carbonyl (C=O) groups excluding carboxylic acids is 2. The van der Waals surface area contributed by atoms with Crippen LogP contribution in [0, 0.1) is 10.1 Å². The minimum atomic E-state index is -0.928. The highest BCUT2D eigenvalue weighted by Gasteiger charge is 2.26. The van der Waals surface area contributed by atoms with Gasteiger partial charge in [0.15, 0.2) is 17.3 Å². The monoisotopic (exact) mass is 345 g/mol. The van der Waals surface area contributed by atoms with E-state index in [2.05, 4.69) is 0 Å². The van der Waals surface area contributed by atoms with E-state index in [1.54, 1.807) is 0 Å². The van der Waals surface area contributed by atoms with Crippen molar-refractivity contribution in [2.75, 3.05) is 14.2 Å². The molecule has 0 aliphatic carbocycles. The van der Waals surface area contributed by atoms with Crippen molar-refractivity contribution in [3.05, 3.63) is 57.6 Å². The Morgan fingerprint density at radius 2 is 1.56 bits per heavy atom.